The Morgan fingerprint density at radius 3 is 2.92 bits per heavy atom. The van der Waals surface area contributed by atoms with Crippen LogP contribution in [0.15, 0.2) is 24.5 Å². The van der Waals surface area contributed by atoms with Crippen LogP contribution >= 0.6 is 11.3 Å². The SMILES string of the molecule is Cc1ccc(C(O)c2cn[nH]c2)s1. The van der Waals surface area contributed by atoms with E-state index in [1.54, 1.807) is 23.7 Å². The van der Waals surface area contributed by atoms with E-state index in [0.717, 1.165) is 10.4 Å². The molecule has 0 saturated heterocycles. The van der Waals surface area contributed by atoms with E-state index in [-0.39, 0.29) is 0 Å². The molecule has 3 nitrogen and oxygen atoms in total. The van der Waals surface area contributed by atoms with Crippen molar-refractivity contribution in [3.8, 4) is 0 Å². The number of hydrogen-bond acceptors (Lipinski definition) is 3. The Kier molecular flexibility index (Phi) is 2.16. The van der Waals surface area contributed by atoms with Crippen LogP contribution < -0.4 is 0 Å². The second kappa shape index (κ2) is 3.32. The predicted octanol–water partition coefficient (Wildman–Crippen LogP) is 1.86. The number of aryl methyl sites for hydroxylation is 1. The highest BCUT2D eigenvalue weighted by molar-refractivity contribution is 7.12. The third-order valence-corrected chi connectivity index (χ3v) is 2.92. The fourth-order valence-electron chi connectivity index (χ4n) is 1.18. The number of thiophene rings is 1. The van der Waals surface area contributed by atoms with Crippen LogP contribution in [0.1, 0.15) is 21.4 Å². The smallest absolute Gasteiger partial charge is 0.116 e. The van der Waals surface area contributed by atoms with E-state index in [4.69, 9.17) is 0 Å². The second-order valence-electron chi connectivity index (χ2n) is 2.88. The quantitative estimate of drug-likeness (QED) is 0.766. The number of aliphatic hydroxyl groups excluding tert-OH is 1. The van der Waals surface area contributed by atoms with Crippen molar-refractivity contribution >= 4 is 11.3 Å². The van der Waals surface area contributed by atoms with E-state index in [1.165, 1.54) is 4.88 Å². The molecule has 13 heavy (non-hydrogen) atoms. The maximum Gasteiger partial charge on any atom is 0.116 e. The molecule has 4 heteroatoms. The molecule has 2 aromatic heterocycles. The molecular formula is C9H10N2OS. The highest BCUT2D eigenvalue weighted by Gasteiger charge is 2.12. The Hall–Kier alpha value is -1.13. The van der Waals surface area contributed by atoms with Crippen LogP contribution in [0.4, 0.5) is 0 Å². The van der Waals surface area contributed by atoms with E-state index >= 15 is 0 Å². The fraction of sp³-hybridized carbons (Fsp3) is 0.222. The van der Waals surface area contributed by atoms with Crippen molar-refractivity contribution in [3.05, 3.63) is 39.8 Å². The van der Waals surface area contributed by atoms with Gasteiger partial charge in [0.15, 0.2) is 0 Å². The van der Waals surface area contributed by atoms with Crippen molar-refractivity contribution in [2.75, 3.05) is 0 Å². The number of nitrogens with zero attached hydrogens (tertiary/aromatic N) is 1. The summed E-state index contributed by atoms with van der Waals surface area (Å²) >= 11 is 1.60. The maximum absolute atomic E-state index is 9.84. The first-order valence-corrected chi connectivity index (χ1v) is 4.82. The molecule has 0 aliphatic rings. The van der Waals surface area contributed by atoms with Gasteiger partial charge in [-0.05, 0) is 19.1 Å². The van der Waals surface area contributed by atoms with Gasteiger partial charge in [0.1, 0.15) is 6.10 Å². The highest BCUT2D eigenvalue weighted by atomic mass is 32.1. The molecule has 0 saturated carbocycles. The standard InChI is InChI=1S/C9H10N2OS/c1-6-2-3-8(13-6)9(12)7-4-10-11-5-7/h2-5,9,12H,1H3,(H,10,11). The Morgan fingerprint density at radius 1 is 1.54 bits per heavy atom. The minimum atomic E-state index is -0.544. The summed E-state index contributed by atoms with van der Waals surface area (Å²) in [7, 11) is 0. The summed E-state index contributed by atoms with van der Waals surface area (Å²) in [5.74, 6) is 0. The van der Waals surface area contributed by atoms with E-state index in [1.807, 2.05) is 19.1 Å². The minimum Gasteiger partial charge on any atom is -0.383 e. The van der Waals surface area contributed by atoms with Crippen LogP contribution in [-0.4, -0.2) is 15.3 Å². The Balaban J connectivity index is 2.28. The maximum atomic E-state index is 9.84. The lowest BCUT2D eigenvalue weighted by Crippen LogP contribution is -1.94. The second-order valence-corrected chi connectivity index (χ2v) is 4.20. The number of aromatic amines is 1. The number of aromatic nitrogens is 2. The molecule has 1 unspecified atom stereocenters. The Morgan fingerprint density at radius 2 is 2.38 bits per heavy atom. The van der Waals surface area contributed by atoms with E-state index in [2.05, 4.69) is 10.2 Å². The van der Waals surface area contributed by atoms with E-state index in [0.29, 0.717) is 0 Å². The molecule has 2 rings (SSSR count). The summed E-state index contributed by atoms with van der Waals surface area (Å²) in [6.45, 7) is 2.02. The Labute approximate surface area is 80.1 Å². The average molecular weight is 194 g/mol. The molecule has 0 aromatic carbocycles. The fourth-order valence-corrected chi connectivity index (χ4v) is 2.07. The zero-order chi connectivity index (χ0) is 9.26. The van der Waals surface area contributed by atoms with E-state index < -0.39 is 6.10 Å². The zero-order valence-corrected chi connectivity index (χ0v) is 8.01. The van der Waals surface area contributed by atoms with Crippen molar-refractivity contribution in [3.63, 3.8) is 0 Å². The lowest BCUT2D eigenvalue weighted by molar-refractivity contribution is 0.224. The van der Waals surface area contributed by atoms with Gasteiger partial charge in [0.25, 0.3) is 0 Å². The summed E-state index contributed by atoms with van der Waals surface area (Å²) in [6, 6.07) is 3.95. The van der Waals surface area contributed by atoms with Gasteiger partial charge in [-0.15, -0.1) is 11.3 Å². The molecule has 2 aromatic rings. The number of H-pyrrole nitrogens is 1. The summed E-state index contributed by atoms with van der Waals surface area (Å²) in [5.41, 5.74) is 0.807. The van der Waals surface area contributed by atoms with Gasteiger partial charge in [-0.3, -0.25) is 5.10 Å². The third kappa shape index (κ3) is 1.64. The van der Waals surface area contributed by atoms with Gasteiger partial charge in [-0.1, -0.05) is 0 Å². The monoisotopic (exact) mass is 194 g/mol. The molecule has 0 aliphatic carbocycles. The molecule has 2 N–H and O–H groups in total. The lowest BCUT2D eigenvalue weighted by Gasteiger charge is -2.03. The van der Waals surface area contributed by atoms with Gasteiger partial charge in [0, 0.05) is 21.5 Å². The molecule has 0 spiro atoms. The van der Waals surface area contributed by atoms with Crippen LogP contribution in [0, 0.1) is 6.92 Å². The highest BCUT2D eigenvalue weighted by Crippen LogP contribution is 2.27. The minimum absolute atomic E-state index is 0.544. The van der Waals surface area contributed by atoms with Gasteiger partial charge in [0.2, 0.25) is 0 Å². The van der Waals surface area contributed by atoms with Crippen molar-refractivity contribution < 1.29 is 5.11 Å². The van der Waals surface area contributed by atoms with Crippen LogP contribution in [-0.2, 0) is 0 Å². The lowest BCUT2D eigenvalue weighted by atomic mass is 10.2. The normalized spacial score (nSPS) is 13.1. The average Bonchev–Trinajstić information content (AvgIpc) is 2.72. The topological polar surface area (TPSA) is 48.9 Å². The zero-order valence-electron chi connectivity index (χ0n) is 7.19. The first kappa shape index (κ1) is 8.47. The summed E-state index contributed by atoms with van der Waals surface area (Å²) in [6.07, 6.45) is 2.80. The Bertz CT molecular complexity index is 380. The van der Waals surface area contributed by atoms with Crippen LogP contribution in [0.5, 0.6) is 0 Å². The van der Waals surface area contributed by atoms with Crippen LogP contribution in [0.2, 0.25) is 0 Å². The molecule has 0 radical (unpaired) electrons. The molecule has 0 amide bonds. The molecule has 0 fully saturated rings. The third-order valence-electron chi connectivity index (χ3n) is 1.87. The van der Waals surface area contributed by atoms with E-state index in [9.17, 15) is 5.11 Å². The number of hydrogen-bond donors (Lipinski definition) is 2. The molecule has 0 bridgehead atoms. The molecule has 2 heterocycles. The van der Waals surface area contributed by atoms with Gasteiger partial charge in [-0.25, -0.2) is 0 Å². The van der Waals surface area contributed by atoms with Crippen molar-refractivity contribution in [1.29, 1.82) is 0 Å². The molecular weight excluding hydrogens is 184 g/mol. The van der Waals surface area contributed by atoms with Gasteiger partial charge in [-0.2, -0.15) is 5.10 Å². The number of nitrogens with one attached hydrogen (secondary N) is 1. The van der Waals surface area contributed by atoms with Gasteiger partial charge >= 0.3 is 0 Å². The predicted molar refractivity (Wildman–Crippen MR) is 51.7 cm³/mol. The largest absolute Gasteiger partial charge is 0.383 e. The summed E-state index contributed by atoms with van der Waals surface area (Å²) in [4.78, 5) is 2.16. The molecule has 0 aliphatic heterocycles. The molecule has 1 atom stereocenters. The van der Waals surface area contributed by atoms with Gasteiger partial charge in [0.05, 0.1) is 6.20 Å². The van der Waals surface area contributed by atoms with Crippen molar-refractivity contribution in [2.24, 2.45) is 0 Å². The summed E-state index contributed by atoms with van der Waals surface area (Å²) in [5, 5.41) is 16.3. The number of rotatable bonds is 2. The number of aliphatic hydroxyl groups is 1. The first-order valence-electron chi connectivity index (χ1n) is 4.00. The summed E-state index contributed by atoms with van der Waals surface area (Å²) < 4.78 is 0. The van der Waals surface area contributed by atoms with Crippen LogP contribution in [0.25, 0.3) is 0 Å². The van der Waals surface area contributed by atoms with Crippen molar-refractivity contribution in [2.45, 2.75) is 13.0 Å². The first-order chi connectivity index (χ1) is 6.27. The van der Waals surface area contributed by atoms with Crippen molar-refractivity contribution in [1.82, 2.24) is 10.2 Å². The molecule has 68 valence electrons. The van der Waals surface area contributed by atoms with Crippen LogP contribution in [0.3, 0.4) is 0 Å². The van der Waals surface area contributed by atoms with Gasteiger partial charge < -0.3 is 5.11 Å².